The SMILES string of the molecule is O=C(CN1CCN(c2ncc(Cl)cc2Cl)CC1)NCc1ccc(F)cc1. The number of nitrogens with one attached hydrogen (secondary N) is 1. The molecule has 5 nitrogen and oxygen atoms in total. The van der Waals surface area contributed by atoms with Gasteiger partial charge < -0.3 is 10.2 Å². The van der Waals surface area contributed by atoms with Crippen molar-refractivity contribution in [2.75, 3.05) is 37.6 Å². The van der Waals surface area contributed by atoms with E-state index in [2.05, 4.69) is 20.1 Å². The minimum Gasteiger partial charge on any atom is -0.353 e. The predicted molar refractivity (Wildman–Crippen MR) is 101 cm³/mol. The molecule has 138 valence electrons. The van der Waals surface area contributed by atoms with Gasteiger partial charge in [0, 0.05) is 38.9 Å². The standard InChI is InChI=1S/C18H19Cl2FN4O/c19-14-9-16(20)18(23-11-14)25-7-5-24(6-8-25)12-17(26)22-10-13-1-3-15(21)4-2-13/h1-4,9,11H,5-8,10,12H2,(H,22,26). The number of anilines is 1. The van der Waals surface area contributed by atoms with Crippen molar-refractivity contribution in [1.29, 1.82) is 0 Å². The first-order valence-electron chi connectivity index (χ1n) is 8.31. The molecule has 3 rings (SSSR count). The van der Waals surface area contributed by atoms with Crippen molar-refractivity contribution in [3.05, 3.63) is 58.0 Å². The van der Waals surface area contributed by atoms with Crippen LogP contribution in [0.4, 0.5) is 10.2 Å². The zero-order valence-corrected chi connectivity index (χ0v) is 15.6. The first kappa shape index (κ1) is 18.9. The molecule has 1 aliphatic heterocycles. The third-order valence-corrected chi connectivity index (χ3v) is 4.72. The number of piperazine rings is 1. The van der Waals surface area contributed by atoms with Crippen LogP contribution in [0.25, 0.3) is 0 Å². The van der Waals surface area contributed by atoms with E-state index in [0.717, 1.165) is 37.6 Å². The van der Waals surface area contributed by atoms with E-state index in [1.807, 2.05) is 0 Å². The maximum absolute atomic E-state index is 12.9. The number of aromatic nitrogens is 1. The van der Waals surface area contributed by atoms with Gasteiger partial charge in [-0.2, -0.15) is 0 Å². The Morgan fingerprint density at radius 1 is 1.15 bits per heavy atom. The van der Waals surface area contributed by atoms with E-state index >= 15 is 0 Å². The highest BCUT2D eigenvalue weighted by atomic mass is 35.5. The minimum atomic E-state index is -0.284. The Bertz CT molecular complexity index is 764. The third-order valence-electron chi connectivity index (χ3n) is 4.23. The summed E-state index contributed by atoms with van der Waals surface area (Å²) in [7, 11) is 0. The van der Waals surface area contributed by atoms with Gasteiger partial charge >= 0.3 is 0 Å². The van der Waals surface area contributed by atoms with E-state index in [1.54, 1.807) is 24.4 Å². The first-order valence-corrected chi connectivity index (χ1v) is 9.06. The molecule has 0 aliphatic carbocycles. The lowest BCUT2D eigenvalue weighted by Crippen LogP contribution is -2.49. The van der Waals surface area contributed by atoms with Crippen LogP contribution in [-0.2, 0) is 11.3 Å². The molecule has 0 radical (unpaired) electrons. The smallest absolute Gasteiger partial charge is 0.234 e. The normalized spacial score (nSPS) is 15.1. The van der Waals surface area contributed by atoms with Crippen LogP contribution in [0.15, 0.2) is 36.5 Å². The number of nitrogens with zero attached hydrogens (tertiary/aromatic N) is 3. The molecule has 1 amide bonds. The van der Waals surface area contributed by atoms with Crippen LogP contribution in [0.2, 0.25) is 10.0 Å². The Morgan fingerprint density at radius 3 is 2.50 bits per heavy atom. The van der Waals surface area contributed by atoms with Crippen molar-refractivity contribution in [2.24, 2.45) is 0 Å². The summed E-state index contributed by atoms with van der Waals surface area (Å²) < 4.78 is 12.9. The summed E-state index contributed by atoms with van der Waals surface area (Å²) >= 11 is 12.1. The van der Waals surface area contributed by atoms with Gasteiger partial charge in [-0.3, -0.25) is 9.69 Å². The van der Waals surface area contributed by atoms with Gasteiger partial charge in [0.1, 0.15) is 11.6 Å². The average Bonchev–Trinajstić information content (AvgIpc) is 2.62. The molecule has 0 saturated carbocycles. The van der Waals surface area contributed by atoms with E-state index < -0.39 is 0 Å². The third kappa shape index (κ3) is 5.06. The zero-order chi connectivity index (χ0) is 18.5. The molecule has 0 atom stereocenters. The molecule has 1 aromatic carbocycles. The second-order valence-corrected chi connectivity index (χ2v) is 6.97. The largest absolute Gasteiger partial charge is 0.353 e. The predicted octanol–water partition coefficient (Wildman–Crippen LogP) is 2.97. The number of amides is 1. The second-order valence-electron chi connectivity index (χ2n) is 6.13. The molecule has 8 heteroatoms. The highest BCUT2D eigenvalue weighted by Gasteiger charge is 2.21. The maximum Gasteiger partial charge on any atom is 0.234 e. The number of rotatable bonds is 5. The van der Waals surface area contributed by atoms with Gasteiger partial charge in [-0.05, 0) is 23.8 Å². The average molecular weight is 397 g/mol. The van der Waals surface area contributed by atoms with Gasteiger partial charge in [-0.15, -0.1) is 0 Å². The maximum atomic E-state index is 12.9. The first-order chi connectivity index (χ1) is 12.5. The van der Waals surface area contributed by atoms with E-state index in [1.165, 1.54) is 12.1 Å². The van der Waals surface area contributed by atoms with Crippen molar-refractivity contribution >= 4 is 34.9 Å². The Hall–Kier alpha value is -1.89. The van der Waals surface area contributed by atoms with Gasteiger partial charge in [0.05, 0.1) is 16.6 Å². The van der Waals surface area contributed by atoms with Crippen LogP contribution >= 0.6 is 23.2 Å². The number of carbonyl (C=O) groups is 1. The Kier molecular flexibility index (Phi) is 6.29. The highest BCUT2D eigenvalue weighted by molar-refractivity contribution is 6.36. The molecule has 2 heterocycles. The van der Waals surface area contributed by atoms with E-state index in [0.29, 0.717) is 23.1 Å². The molecule has 1 aromatic heterocycles. The molecule has 2 aromatic rings. The monoisotopic (exact) mass is 396 g/mol. The van der Waals surface area contributed by atoms with Crippen molar-refractivity contribution < 1.29 is 9.18 Å². The lowest BCUT2D eigenvalue weighted by Gasteiger charge is -2.35. The summed E-state index contributed by atoms with van der Waals surface area (Å²) in [4.78, 5) is 20.6. The van der Waals surface area contributed by atoms with Crippen molar-refractivity contribution in [1.82, 2.24) is 15.2 Å². The summed E-state index contributed by atoms with van der Waals surface area (Å²) in [6.07, 6.45) is 1.58. The molecule has 26 heavy (non-hydrogen) atoms. The molecule has 1 saturated heterocycles. The number of carbonyl (C=O) groups excluding carboxylic acids is 1. The Labute approximate surface area is 161 Å². The highest BCUT2D eigenvalue weighted by Crippen LogP contribution is 2.26. The van der Waals surface area contributed by atoms with Crippen molar-refractivity contribution in [3.8, 4) is 0 Å². The fourth-order valence-corrected chi connectivity index (χ4v) is 3.32. The van der Waals surface area contributed by atoms with E-state index in [-0.39, 0.29) is 11.7 Å². The number of pyridine rings is 1. The van der Waals surface area contributed by atoms with Crippen molar-refractivity contribution in [2.45, 2.75) is 6.54 Å². The molecular weight excluding hydrogens is 378 g/mol. The van der Waals surface area contributed by atoms with Crippen LogP contribution in [0.1, 0.15) is 5.56 Å². The molecule has 0 bridgehead atoms. The van der Waals surface area contributed by atoms with Gasteiger partial charge in [0.2, 0.25) is 5.91 Å². The summed E-state index contributed by atoms with van der Waals surface area (Å²) in [6, 6.07) is 7.78. The Balaban J connectivity index is 1.44. The van der Waals surface area contributed by atoms with Gasteiger partial charge in [-0.25, -0.2) is 9.37 Å². The Morgan fingerprint density at radius 2 is 1.85 bits per heavy atom. The topological polar surface area (TPSA) is 48.5 Å². The number of hydrogen-bond acceptors (Lipinski definition) is 4. The molecule has 1 fully saturated rings. The lowest BCUT2D eigenvalue weighted by molar-refractivity contribution is -0.122. The number of benzene rings is 1. The zero-order valence-electron chi connectivity index (χ0n) is 14.1. The summed E-state index contributed by atoms with van der Waals surface area (Å²) in [5.74, 6) is 0.384. The summed E-state index contributed by atoms with van der Waals surface area (Å²) in [5, 5.41) is 3.90. The number of halogens is 3. The molecule has 0 unspecified atom stereocenters. The van der Waals surface area contributed by atoms with Gasteiger partial charge in [0.15, 0.2) is 0 Å². The second kappa shape index (κ2) is 8.66. The fourth-order valence-electron chi connectivity index (χ4n) is 2.82. The van der Waals surface area contributed by atoms with Crippen LogP contribution in [0.5, 0.6) is 0 Å². The van der Waals surface area contributed by atoms with Gasteiger partial charge in [0.25, 0.3) is 0 Å². The molecular formula is C18H19Cl2FN4O. The fraction of sp³-hybridized carbons (Fsp3) is 0.333. The van der Waals surface area contributed by atoms with Crippen molar-refractivity contribution in [3.63, 3.8) is 0 Å². The minimum absolute atomic E-state index is 0.0505. The van der Waals surface area contributed by atoms with Crippen LogP contribution < -0.4 is 10.2 Å². The van der Waals surface area contributed by atoms with Gasteiger partial charge in [-0.1, -0.05) is 35.3 Å². The summed E-state index contributed by atoms with van der Waals surface area (Å²) in [6.45, 7) is 3.68. The quantitative estimate of drug-likeness (QED) is 0.843. The van der Waals surface area contributed by atoms with Crippen LogP contribution in [0, 0.1) is 5.82 Å². The van der Waals surface area contributed by atoms with E-state index in [9.17, 15) is 9.18 Å². The molecule has 1 aliphatic rings. The molecule has 1 N–H and O–H groups in total. The lowest BCUT2D eigenvalue weighted by atomic mass is 10.2. The van der Waals surface area contributed by atoms with Crippen LogP contribution in [0.3, 0.4) is 0 Å². The summed E-state index contributed by atoms with van der Waals surface area (Å²) in [5.41, 5.74) is 0.869. The number of hydrogen-bond donors (Lipinski definition) is 1. The van der Waals surface area contributed by atoms with E-state index in [4.69, 9.17) is 23.2 Å². The molecule has 0 spiro atoms. The van der Waals surface area contributed by atoms with Crippen LogP contribution in [-0.4, -0.2) is 48.5 Å².